The largest absolute Gasteiger partial charge is 0.492 e. The molecule has 2 aromatic carbocycles. The Labute approximate surface area is 153 Å². The molecule has 0 bridgehead atoms. The van der Waals surface area contributed by atoms with Crippen LogP contribution in [0.25, 0.3) is 0 Å². The van der Waals surface area contributed by atoms with Crippen molar-refractivity contribution in [1.29, 1.82) is 0 Å². The quantitative estimate of drug-likeness (QED) is 0.736. The summed E-state index contributed by atoms with van der Waals surface area (Å²) in [4.78, 5) is 2.37. The minimum Gasteiger partial charge on any atom is -0.492 e. The zero-order chi connectivity index (χ0) is 17.7. The van der Waals surface area contributed by atoms with Crippen molar-refractivity contribution in [3.05, 3.63) is 59.4 Å². The van der Waals surface area contributed by atoms with E-state index >= 15 is 0 Å². The molecule has 0 atom stereocenters. The number of rotatable bonds is 6. The van der Waals surface area contributed by atoms with Crippen LogP contribution < -0.4 is 9.47 Å². The fourth-order valence-electron chi connectivity index (χ4n) is 2.96. The zero-order valence-corrected chi connectivity index (χ0v) is 15.1. The number of ether oxygens (including phenoxy) is 2. The van der Waals surface area contributed by atoms with Gasteiger partial charge in [-0.2, -0.15) is 0 Å². The fraction of sp³-hybridized carbons (Fsp3) is 0.400. The van der Waals surface area contributed by atoms with Crippen LogP contribution in [0, 0.1) is 5.82 Å². The molecular formula is C20H23ClFNO2. The van der Waals surface area contributed by atoms with Crippen molar-refractivity contribution >= 4 is 11.6 Å². The number of likely N-dealkylation sites (tertiary alicyclic amines) is 1. The van der Waals surface area contributed by atoms with Gasteiger partial charge in [-0.1, -0.05) is 11.6 Å². The van der Waals surface area contributed by atoms with Crippen LogP contribution in [0.3, 0.4) is 0 Å². The van der Waals surface area contributed by atoms with Gasteiger partial charge in [0.05, 0.1) is 0 Å². The lowest BCUT2D eigenvalue weighted by molar-refractivity contribution is 0.0135. The highest BCUT2D eigenvalue weighted by Gasteiger charge is 2.31. The third kappa shape index (κ3) is 5.35. The van der Waals surface area contributed by atoms with Gasteiger partial charge in [-0.05, 0) is 68.3 Å². The van der Waals surface area contributed by atoms with Gasteiger partial charge in [0, 0.05) is 24.7 Å². The van der Waals surface area contributed by atoms with E-state index in [1.165, 1.54) is 12.1 Å². The molecule has 0 aliphatic carbocycles. The van der Waals surface area contributed by atoms with E-state index in [1.807, 2.05) is 24.3 Å². The molecule has 3 nitrogen and oxygen atoms in total. The molecule has 0 spiro atoms. The number of hydrogen-bond donors (Lipinski definition) is 0. The monoisotopic (exact) mass is 363 g/mol. The molecule has 1 aliphatic heterocycles. The van der Waals surface area contributed by atoms with Crippen molar-refractivity contribution in [2.75, 3.05) is 26.2 Å². The lowest BCUT2D eigenvalue weighted by Gasteiger charge is -2.39. The highest BCUT2D eigenvalue weighted by Crippen LogP contribution is 2.29. The number of nitrogens with zero attached hydrogens (tertiary/aromatic N) is 1. The third-order valence-electron chi connectivity index (χ3n) is 4.58. The summed E-state index contributed by atoms with van der Waals surface area (Å²) < 4.78 is 24.7. The van der Waals surface area contributed by atoms with E-state index in [2.05, 4.69) is 11.8 Å². The molecular weight excluding hydrogens is 341 g/mol. The number of piperidine rings is 1. The molecule has 0 radical (unpaired) electrons. The topological polar surface area (TPSA) is 21.7 Å². The minimum atomic E-state index is -0.247. The maximum Gasteiger partial charge on any atom is 0.123 e. The molecule has 0 unspecified atom stereocenters. The first-order valence-corrected chi connectivity index (χ1v) is 8.96. The first-order valence-electron chi connectivity index (χ1n) is 8.58. The SMILES string of the molecule is CC1(Oc2ccc(Cl)cc2)CCN(CCOc2ccc(F)cc2)CC1. The molecule has 1 fully saturated rings. The maximum atomic E-state index is 12.9. The Balaban J connectivity index is 1.41. The van der Waals surface area contributed by atoms with Crippen LogP contribution in [0.5, 0.6) is 11.5 Å². The molecule has 1 heterocycles. The molecule has 0 amide bonds. The standard InChI is InChI=1S/C20H23ClFNO2/c1-20(25-19-6-2-16(21)3-7-19)10-12-23(13-11-20)14-15-24-18-8-4-17(22)5-9-18/h2-9H,10-15H2,1H3. The van der Waals surface area contributed by atoms with E-state index in [0.717, 1.165) is 38.2 Å². The number of benzene rings is 2. The van der Waals surface area contributed by atoms with E-state index in [0.29, 0.717) is 17.4 Å². The lowest BCUT2D eigenvalue weighted by atomic mass is 9.93. The second kappa shape index (κ2) is 8.07. The summed E-state index contributed by atoms with van der Waals surface area (Å²) in [6.07, 6.45) is 1.93. The number of halogens is 2. The van der Waals surface area contributed by atoms with Gasteiger partial charge < -0.3 is 9.47 Å². The van der Waals surface area contributed by atoms with Gasteiger partial charge in [0.15, 0.2) is 0 Å². The van der Waals surface area contributed by atoms with Crippen LogP contribution in [0.2, 0.25) is 5.02 Å². The Morgan fingerprint density at radius 3 is 2.24 bits per heavy atom. The van der Waals surface area contributed by atoms with E-state index in [9.17, 15) is 4.39 Å². The highest BCUT2D eigenvalue weighted by atomic mass is 35.5. The molecule has 0 aromatic heterocycles. The first kappa shape index (κ1) is 18.0. The van der Waals surface area contributed by atoms with Crippen LogP contribution in [-0.2, 0) is 0 Å². The first-order chi connectivity index (χ1) is 12.0. The van der Waals surface area contributed by atoms with Crippen molar-refractivity contribution in [3.63, 3.8) is 0 Å². The molecule has 3 rings (SSSR count). The Bertz CT molecular complexity index is 667. The second-order valence-electron chi connectivity index (χ2n) is 6.65. The summed E-state index contributed by atoms with van der Waals surface area (Å²) >= 11 is 5.92. The van der Waals surface area contributed by atoms with Crippen molar-refractivity contribution in [3.8, 4) is 11.5 Å². The van der Waals surface area contributed by atoms with Gasteiger partial charge in [0.25, 0.3) is 0 Å². The molecule has 1 aliphatic rings. The molecule has 25 heavy (non-hydrogen) atoms. The fourth-order valence-corrected chi connectivity index (χ4v) is 3.09. The summed E-state index contributed by atoms with van der Waals surface area (Å²) in [5.74, 6) is 1.32. The summed E-state index contributed by atoms with van der Waals surface area (Å²) in [6.45, 7) is 5.55. The highest BCUT2D eigenvalue weighted by molar-refractivity contribution is 6.30. The average molecular weight is 364 g/mol. The van der Waals surface area contributed by atoms with Gasteiger partial charge in [0.1, 0.15) is 29.5 Å². The smallest absolute Gasteiger partial charge is 0.123 e. The molecule has 2 aromatic rings. The Kier molecular flexibility index (Phi) is 5.82. The van der Waals surface area contributed by atoms with Crippen LogP contribution in [0.4, 0.5) is 4.39 Å². The summed E-state index contributed by atoms with van der Waals surface area (Å²) in [6, 6.07) is 13.7. The summed E-state index contributed by atoms with van der Waals surface area (Å²) in [5, 5.41) is 0.716. The van der Waals surface area contributed by atoms with Crippen molar-refractivity contribution in [1.82, 2.24) is 4.90 Å². The summed E-state index contributed by atoms with van der Waals surface area (Å²) in [7, 11) is 0. The van der Waals surface area contributed by atoms with Crippen LogP contribution >= 0.6 is 11.6 Å². The summed E-state index contributed by atoms with van der Waals surface area (Å²) in [5.41, 5.74) is -0.151. The van der Waals surface area contributed by atoms with E-state index in [4.69, 9.17) is 21.1 Å². The Morgan fingerprint density at radius 1 is 1.00 bits per heavy atom. The van der Waals surface area contributed by atoms with Crippen molar-refractivity contribution in [2.24, 2.45) is 0 Å². The van der Waals surface area contributed by atoms with Crippen molar-refractivity contribution in [2.45, 2.75) is 25.4 Å². The van der Waals surface area contributed by atoms with E-state index < -0.39 is 0 Å². The average Bonchev–Trinajstić information content (AvgIpc) is 2.61. The molecule has 1 saturated heterocycles. The normalized spacial score (nSPS) is 17.2. The molecule has 0 saturated carbocycles. The second-order valence-corrected chi connectivity index (χ2v) is 7.09. The van der Waals surface area contributed by atoms with Gasteiger partial charge in [0.2, 0.25) is 0 Å². The number of hydrogen-bond acceptors (Lipinski definition) is 3. The van der Waals surface area contributed by atoms with Gasteiger partial charge >= 0.3 is 0 Å². The lowest BCUT2D eigenvalue weighted by Crippen LogP contribution is -2.47. The van der Waals surface area contributed by atoms with Crippen LogP contribution in [0.15, 0.2) is 48.5 Å². The van der Waals surface area contributed by atoms with E-state index in [1.54, 1.807) is 12.1 Å². The molecule has 0 N–H and O–H groups in total. The Hall–Kier alpha value is -1.78. The van der Waals surface area contributed by atoms with Gasteiger partial charge in [-0.25, -0.2) is 4.39 Å². The third-order valence-corrected chi connectivity index (χ3v) is 4.83. The zero-order valence-electron chi connectivity index (χ0n) is 14.4. The maximum absolute atomic E-state index is 12.9. The predicted octanol–water partition coefficient (Wildman–Crippen LogP) is 4.79. The van der Waals surface area contributed by atoms with E-state index in [-0.39, 0.29) is 11.4 Å². The minimum absolute atomic E-state index is 0.151. The Morgan fingerprint density at radius 2 is 1.60 bits per heavy atom. The van der Waals surface area contributed by atoms with Crippen molar-refractivity contribution < 1.29 is 13.9 Å². The molecule has 5 heteroatoms. The van der Waals surface area contributed by atoms with Crippen LogP contribution in [0.1, 0.15) is 19.8 Å². The molecule has 134 valence electrons. The van der Waals surface area contributed by atoms with Gasteiger partial charge in [-0.15, -0.1) is 0 Å². The van der Waals surface area contributed by atoms with Crippen LogP contribution in [-0.4, -0.2) is 36.7 Å². The van der Waals surface area contributed by atoms with Gasteiger partial charge in [-0.3, -0.25) is 4.90 Å². The predicted molar refractivity (Wildman–Crippen MR) is 98.1 cm³/mol.